The monoisotopic (exact) mass is 440 g/mol. The van der Waals surface area contributed by atoms with Gasteiger partial charge in [-0.25, -0.2) is 0 Å². The third kappa shape index (κ3) is 3.76. The molecule has 3 aromatic carbocycles. The van der Waals surface area contributed by atoms with Crippen LogP contribution in [-0.2, 0) is 4.79 Å². The molecule has 0 aliphatic carbocycles. The number of hydrogen-bond donors (Lipinski definition) is 1. The van der Waals surface area contributed by atoms with E-state index in [9.17, 15) is 14.4 Å². The number of carbonyl (C=O) groups is 3. The summed E-state index contributed by atoms with van der Waals surface area (Å²) >= 11 is 0. The molecule has 33 heavy (non-hydrogen) atoms. The van der Waals surface area contributed by atoms with Gasteiger partial charge >= 0.3 is 0 Å². The van der Waals surface area contributed by atoms with Crippen LogP contribution in [0.25, 0.3) is 22.2 Å². The van der Waals surface area contributed by atoms with Crippen LogP contribution >= 0.6 is 0 Å². The van der Waals surface area contributed by atoms with E-state index in [0.29, 0.717) is 45.9 Å². The molecular weight excluding hydrogens is 420 g/mol. The second kappa shape index (κ2) is 8.31. The Morgan fingerprint density at radius 3 is 2.27 bits per heavy atom. The fourth-order valence-corrected chi connectivity index (χ4v) is 4.09. The molecule has 1 aliphatic heterocycles. The molecule has 0 bridgehead atoms. The Kier molecular flexibility index (Phi) is 5.18. The number of amides is 3. The fourth-order valence-electron chi connectivity index (χ4n) is 4.09. The average Bonchev–Trinajstić information content (AvgIpc) is 3.26. The lowest BCUT2D eigenvalue weighted by Gasteiger charge is -2.27. The van der Waals surface area contributed by atoms with Gasteiger partial charge in [-0.1, -0.05) is 41.6 Å². The third-order valence-corrected chi connectivity index (χ3v) is 5.61. The predicted octanol–water partition coefficient (Wildman–Crippen LogP) is 4.21. The van der Waals surface area contributed by atoms with Crippen molar-refractivity contribution in [1.82, 2.24) is 15.0 Å². The predicted molar refractivity (Wildman–Crippen MR) is 122 cm³/mol. The number of rotatable bonds is 6. The highest BCUT2D eigenvalue weighted by molar-refractivity contribution is 6.25. The molecule has 5 rings (SSSR count). The van der Waals surface area contributed by atoms with Crippen molar-refractivity contribution in [2.45, 2.75) is 19.8 Å². The maximum absolute atomic E-state index is 13.0. The zero-order chi connectivity index (χ0) is 22.9. The number of imide groups is 1. The molecule has 0 radical (unpaired) electrons. The molecule has 1 N–H and O–H groups in total. The average molecular weight is 440 g/mol. The van der Waals surface area contributed by atoms with E-state index in [1.54, 1.807) is 37.3 Å². The van der Waals surface area contributed by atoms with Gasteiger partial charge in [0.05, 0.1) is 5.69 Å². The standard InChI is InChI=1S/C25H20N4O4/c1-15-26-23(28-33-15)17-9-2-3-12-20(17)27-21(30)13-6-14-29-24(31)18-10-4-7-16-8-5-11-19(22(16)18)25(29)32/h2-5,7-12H,6,13-14H2,1H3,(H,27,30). The van der Waals surface area contributed by atoms with Gasteiger partial charge in [-0.3, -0.25) is 19.3 Å². The maximum atomic E-state index is 13.0. The van der Waals surface area contributed by atoms with Gasteiger partial charge in [-0.05, 0) is 36.1 Å². The van der Waals surface area contributed by atoms with Crippen molar-refractivity contribution in [3.63, 3.8) is 0 Å². The Labute approximate surface area is 189 Å². The summed E-state index contributed by atoms with van der Waals surface area (Å²) in [5.41, 5.74) is 2.23. The first-order chi connectivity index (χ1) is 16.0. The van der Waals surface area contributed by atoms with Gasteiger partial charge < -0.3 is 9.84 Å². The summed E-state index contributed by atoms with van der Waals surface area (Å²) in [4.78, 5) is 44.0. The maximum Gasteiger partial charge on any atom is 0.261 e. The number of hydrogen-bond acceptors (Lipinski definition) is 6. The zero-order valence-electron chi connectivity index (χ0n) is 17.9. The minimum Gasteiger partial charge on any atom is -0.339 e. The molecule has 2 heterocycles. The van der Waals surface area contributed by atoms with E-state index < -0.39 is 0 Å². The number of benzene rings is 3. The minimum atomic E-state index is -0.331. The molecule has 164 valence electrons. The van der Waals surface area contributed by atoms with Crippen LogP contribution in [0.4, 0.5) is 5.69 Å². The highest BCUT2D eigenvalue weighted by Gasteiger charge is 2.32. The van der Waals surface area contributed by atoms with Crippen molar-refractivity contribution in [1.29, 1.82) is 0 Å². The highest BCUT2D eigenvalue weighted by atomic mass is 16.5. The Bertz CT molecular complexity index is 1360. The van der Waals surface area contributed by atoms with Crippen LogP contribution in [0.3, 0.4) is 0 Å². The first kappa shape index (κ1) is 20.6. The molecule has 8 nitrogen and oxygen atoms in total. The van der Waals surface area contributed by atoms with E-state index in [0.717, 1.165) is 5.39 Å². The van der Waals surface area contributed by atoms with Crippen LogP contribution in [0, 0.1) is 6.92 Å². The molecular formula is C25H20N4O4. The number of carbonyl (C=O) groups excluding carboxylic acids is 3. The van der Waals surface area contributed by atoms with Gasteiger partial charge in [0.15, 0.2) is 0 Å². The van der Waals surface area contributed by atoms with Crippen molar-refractivity contribution in [3.8, 4) is 11.4 Å². The molecule has 0 atom stereocenters. The summed E-state index contributed by atoms with van der Waals surface area (Å²) in [7, 11) is 0. The molecule has 1 aliphatic rings. The normalized spacial score (nSPS) is 12.9. The number of para-hydroxylation sites is 1. The molecule has 0 unspecified atom stereocenters. The van der Waals surface area contributed by atoms with Gasteiger partial charge in [0.25, 0.3) is 11.8 Å². The lowest BCUT2D eigenvalue weighted by atomic mass is 9.94. The van der Waals surface area contributed by atoms with Crippen molar-refractivity contribution in [2.75, 3.05) is 11.9 Å². The Morgan fingerprint density at radius 2 is 1.61 bits per heavy atom. The summed E-state index contributed by atoms with van der Waals surface area (Å²) in [6.45, 7) is 1.85. The van der Waals surface area contributed by atoms with Gasteiger partial charge in [-0.15, -0.1) is 0 Å². The lowest BCUT2D eigenvalue weighted by Crippen LogP contribution is -2.41. The Morgan fingerprint density at radius 1 is 0.939 bits per heavy atom. The van der Waals surface area contributed by atoms with Crippen LogP contribution in [0.1, 0.15) is 39.4 Å². The second-order valence-electron chi connectivity index (χ2n) is 7.81. The second-order valence-corrected chi connectivity index (χ2v) is 7.81. The van der Waals surface area contributed by atoms with E-state index in [2.05, 4.69) is 15.5 Å². The summed E-state index contributed by atoms with van der Waals surface area (Å²) < 4.78 is 5.03. The molecule has 4 aromatic rings. The number of anilines is 1. The molecule has 0 saturated heterocycles. The highest BCUT2D eigenvalue weighted by Crippen LogP contribution is 2.30. The van der Waals surface area contributed by atoms with Crippen molar-refractivity contribution < 1.29 is 18.9 Å². The smallest absolute Gasteiger partial charge is 0.261 e. The fraction of sp³-hybridized carbons (Fsp3) is 0.160. The van der Waals surface area contributed by atoms with E-state index in [-0.39, 0.29) is 30.7 Å². The number of aromatic nitrogens is 2. The largest absolute Gasteiger partial charge is 0.339 e. The molecule has 0 saturated carbocycles. The number of nitrogens with zero attached hydrogens (tertiary/aromatic N) is 3. The van der Waals surface area contributed by atoms with Crippen molar-refractivity contribution in [2.24, 2.45) is 0 Å². The number of nitrogens with one attached hydrogen (secondary N) is 1. The molecule has 0 spiro atoms. The zero-order valence-corrected chi connectivity index (χ0v) is 17.9. The summed E-state index contributed by atoms with van der Waals surface area (Å²) in [6.07, 6.45) is 0.480. The first-order valence-corrected chi connectivity index (χ1v) is 10.6. The van der Waals surface area contributed by atoms with Crippen molar-refractivity contribution in [3.05, 3.63) is 77.7 Å². The summed E-state index contributed by atoms with van der Waals surface area (Å²) in [5, 5.41) is 8.32. The van der Waals surface area contributed by atoms with Crippen molar-refractivity contribution >= 4 is 34.2 Å². The SMILES string of the molecule is Cc1nc(-c2ccccc2NC(=O)CCCN2C(=O)c3cccc4cccc(c34)C2=O)no1. The topological polar surface area (TPSA) is 105 Å². The first-order valence-electron chi connectivity index (χ1n) is 10.6. The Hall–Kier alpha value is -4.33. The van der Waals surface area contributed by atoms with Crippen LogP contribution < -0.4 is 5.32 Å². The van der Waals surface area contributed by atoms with Crippen LogP contribution in [0.5, 0.6) is 0 Å². The molecule has 8 heteroatoms. The van der Waals surface area contributed by atoms with Gasteiger partial charge in [-0.2, -0.15) is 4.98 Å². The molecule has 1 aromatic heterocycles. The van der Waals surface area contributed by atoms with Gasteiger partial charge in [0.2, 0.25) is 17.6 Å². The molecule has 3 amide bonds. The van der Waals surface area contributed by atoms with E-state index >= 15 is 0 Å². The van der Waals surface area contributed by atoms with Crippen LogP contribution in [0.2, 0.25) is 0 Å². The summed E-state index contributed by atoms with van der Waals surface area (Å²) in [5.74, 6) is -0.0767. The third-order valence-electron chi connectivity index (χ3n) is 5.61. The quantitative estimate of drug-likeness (QED) is 0.450. The van der Waals surface area contributed by atoms with E-state index in [1.807, 2.05) is 30.3 Å². The van der Waals surface area contributed by atoms with Gasteiger partial charge in [0.1, 0.15) is 0 Å². The molecule has 0 fully saturated rings. The van der Waals surface area contributed by atoms with E-state index in [4.69, 9.17) is 4.52 Å². The Balaban J connectivity index is 1.26. The number of aryl methyl sites for hydroxylation is 1. The summed E-state index contributed by atoms with van der Waals surface area (Å²) in [6, 6.07) is 18.0. The minimum absolute atomic E-state index is 0.141. The van der Waals surface area contributed by atoms with Crippen LogP contribution in [-0.4, -0.2) is 39.3 Å². The van der Waals surface area contributed by atoms with E-state index in [1.165, 1.54) is 4.90 Å². The van der Waals surface area contributed by atoms with Gasteiger partial charge in [0, 0.05) is 42.0 Å². The lowest BCUT2D eigenvalue weighted by molar-refractivity contribution is -0.116. The van der Waals surface area contributed by atoms with Crippen LogP contribution in [0.15, 0.2) is 65.2 Å².